The van der Waals surface area contributed by atoms with E-state index in [4.69, 9.17) is 9.72 Å². The van der Waals surface area contributed by atoms with E-state index in [0.29, 0.717) is 13.2 Å². The maximum Gasteiger partial charge on any atom is 0.328 e. The number of benzene rings is 2. The van der Waals surface area contributed by atoms with Gasteiger partial charge in [0.15, 0.2) is 0 Å². The van der Waals surface area contributed by atoms with Crippen molar-refractivity contribution in [3.8, 4) is 16.8 Å². The van der Waals surface area contributed by atoms with Crippen LogP contribution in [0.2, 0.25) is 0 Å². The highest BCUT2D eigenvalue weighted by Crippen LogP contribution is 2.37. The van der Waals surface area contributed by atoms with Gasteiger partial charge in [0, 0.05) is 51.4 Å². The molecule has 4 heterocycles. The SMILES string of the molecule is Cn1cc(-c2cc3nc(C(C)(C)C)n(-c4cc(N5CCOCC5)c5c(c4)n(C)c(=O)n5C)c3cc2CO)cn1. The normalized spacial score (nSPS) is 14.7. The molecule has 1 aliphatic rings. The number of hydrogen-bond donors (Lipinski definition) is 1. The molecule has 3 aromatic heterocycles. The second-order valence-electron chi connectivity index (χ2n) is 11.4. The summed E-state index contributed by atoms with van der Waals surface area (Å²) in [5.41, 5.74) is 7.76. The molecular weight excluding hydrogens is 494 g/mol. The molecule has 0 unspecified atom stereocenters. The minimum atomic E-state index is -0.274. The van der Waals surface area contributed by atoms with Crippen LogP contribution in [0, 0.1) is 0 Å². The molecule has 1 N–H and O–H groups in total. The summed E-state index contributed by atoms with van der Waals surface area (Å²) >= 11 is 0. The molecule has 10 nitrogen and oxygen atoms in total. The van der Waals surface area contributed by atoms with Gasteiger partial charge in [-0.3, -0.25) is 18.4 Å². The van der Waals surface area contributed by atoms with Crippen molar-refractivity contribution >= 4 is 27.8 Å². The third-order valence-corrected chi connectivity index (χ3v) is 7.67. The monoisotopic (exact) mass is 529 g/mol. The highest BCUT2D eigenvalue weighted by Gasteiger charge is 2.27. The number of fused-ring (bicyclic) bond motifs is 2. The van der Waals surface area contributed by atoms with Gasteiger partial charge in [-0.05, 0) is 35.4 Å². The van der Waals surface area contributed by atoms with Gasteiger partial charge in [0.1, 0.15) is 5.82 Å². The van der Waals surface area contributed by atoms with E-state index in [0.717, 1.165) is 69.0 Å². The topological polar surface area (TPSA) is 95.3 Å². The average Bonchev–Trinajstić information content (AvgIpc) is 3.59. The molecule has 204 valence electrons. The van der Waals surface area contributed by atoms with Crippen LogP contribution in [0.25, 0.3) is 38.9 Å². The minimum absolute atomic E-state index is 0.0631. The summed E-state index contributed by atoms with van der Waals surface area (Å²) in [5, 5.41) is 14.7. The highest BCUT2D eigenvalue weighted by atomic mass is 16.5. The van der Waals surface area contributed by atoms with E-state index in [-0.39, 0.29) is 17.7 Å². The standard InChI is InChI=1S/C29H35N7O3/c1-29(2,3)27-31-22-14-21(19-15-30-32(4)16-19)18(17-37)11-23(22)36(27)20-12-24-26(34(6)28(38)33(24)5)25(13-20)35-7-9-39-10-8-35/h11-16,37H,7-10,17H2,1-6H3. The molecule has 2 aromatic carbocycles. The largest absolute Gasteiger partial charge is 0.392 e. The number of aryl methyl sites for hydroxylation is 3. The van der Waals surface area contributed by atoms with Crippen LogP contribution in [0.15, 0.2) is 41.5 Å². The van der Waals surface area contributed by atoms with Crippen LogP contribution in [0.1, 0.15) is 32.2 Å². The molecule has 0 amide bonds. The molecule has 5 aromatic rings. The first-order chi connectivity index (χ1) is 18.6. The van der Waals surface area contributed by atoms with Crippen LogP contribution in [0.5, 0.6) is 0 Å². The maximum atomic E-state index is 13.0. The van der Waals surface area contributed by atoms with Gasteiger partial charge in [-0.2, -0.15) is 5.10 Å². The number of rotatable bonds is 4. The first-order valence-electron chi connectivity index (χ1n) is 13.3. The molecule has 0 bridgehead atoms. The van der Waals surface area contributed by atoms with Crippen molar-refractivity contribution in [3.05, 3.63) is 58.5 Å². The summed E-state index contributed by atoms with van der Waals surface area (Å²) in [7, 11) is 5.53. The number of nitrogens with zero attached hydrogens (tertiary/aromatic N) is 7. The molecule has 1 aliphatic heterocycles. The Hall–Kier alpha value is -3.89. The van der Waals surface area contributed by atoms with Crippen LogP contribution in [0.3, 0.4) is 0 Å². The predicted molar refractivity (Wildman–Crippen MR) is 153 cm³/mol. The Balaban J connectivity index is 1.67. The van der Waals surface area contributed by atoms with Crippen molar-refractivity contribution in [3.63, 3.8) is 0 Å². The zero-order valence-electron chi connectivity index (χ0n) is 23.4. The maximum absolute atomic E-state index is 13.0. The Morgan fingerprint density at radius 1 is 1.00 bits per heavy atom. The predicted octanol–water partition coefficient (Wildman–Crippen LogP) is 3.24. The van der Waals surface area contributed by atoms with Gasteiger partial charge < -0.3 is 14.7 Å². The second kappa shape index (κ2) is 9.10. The molecule has 0 aliphatic carbocycles. The molecule has 1 saturated heterocycles. The van der Waals surface area contributed by atoms with Crippen molar-refractivity contribution in [1.82, 2.24) is 28.5 Å². The lowest BCUT2D eigenvalue weighted by Crippen LogP contribution is -2.36. The van der Waals surface area contributed by atoms with E-state index in [1.54, 1.807) is 20.0 Å². The molecular formula is C29H35N7O3. The van der Waals surface area contributed by atoms with Crippen molar-refractivity contribution in [2.75, 3.05) is 31.2 Å². The summed E-state index contributed by atoms with van der Waals surface area (Å²) in [4.78, 5) is 20.5. The number of imidazole rings is 2. The third-order valence-electron chi connectivity index (χ3n) is 7.67. The number of ether oxygens (including phenoxy) is 1. The Bertz CT molecular complexity index is 1770. The fraction of sp³-hybridized carbons (Fsp3) is 0.414. The van der Waals surface area contributed by atoms with Crippen LogP contribution in [-0.4, -0.2) is 59.9 Å². The number of morpholine rings is 1. The summed E-state index contributed by atoms with van der Waals surface area (Å²) < 4.78 is 13.0. The number of hydrogen-bond acceptors (Lipinski definition) is 6. The van der Waals surface area contributed by atoms with Crippen molar-refractivity contribution in [2.24, 2.45) is 21.1 Å². The molecule has 1 fully saturated rings. The van der Waals surface area contributed by atoms with E-state index in [1.807, 2.05) is 39.5 Å². The summed E-state index contributed by atoms with van der Waals surface area (Å²) in [5.74, 6) is 0.901. The first-order valence-corrected chi connectivity index (χ1v) is 13.3. The Morgan fingerprint density at radius 3 is 2.38 bits per heavy atom. The molecule has 10 heteroatoms. The lowest BCUT2D eigenvalue weighted by Gasteiger charge is -2.30. The second-order valence-corrected chi connectivity index (χ2v) is 11.4. The number of anilines is 1. The van der Waals surface area contributed by atoms with Crippen LogP contribution >= 0.6 is 0 Å². The average molecular weight is 530 g/mol. The van der Waals surface area contributed by atoms with Gasteiger partial charge in [-0.25, -0.2) is 9.78 Å². The van der Waals surface area contributed by atoms with Gasteiger partial charge in [0.05, 0.1) is 59.5 Å². The third kappa shape index (κ3) is 4.06. The fourth-order valence-corrected chi connectivity index (χ4v) is 5.68. The van der Waals surface area contributed by atoms with Crippen molar-refractivity contribution in [2.45, 2.75) is 32.8 Å². The van der Waals surface area contributed by atoms with Gasteiger partial charge >= 0.3 is 5.69 Å². The number of aliphatic hydroxyl groups excluding tert-OH is 1. The van der Waals surface area contributed by atoms with Crippen molar-refractivity contribution in [1.29, 1.82) is 0 Å². The van der Waals surface area contributed by atoms with Crippen LogP contribution in [-0.2, 0) is 37.9 Å². The number of aliphatic hydroxyl groups is 1. The minimum Gasteiger partial charge on any atom is -0.392 e. The summed E-state index contributed by atoms with van der Waals surface area (Å²) in [6, 6.07) is 8.31. The van der Waals surface area contributed by atoms with Gasteiger partial charge in [-0.1, -0.05) is 20.8 Å². The van der Waals surface area contributed by atoms with Gasteiger partial charge in [-0.15, -0.1) is 0 Å². The van der Waals surface area contributed by atoms with E-state index in [2.05, 4.69) is 47.5 Å². The van der Waals surface area contributed by atoms with Gasteiger partial charge in [0.25, 0.3) is 0 Å². The molecule has 39 heavy (non-hydrogen) atoms. The Kier molecular flexibility index (Phi) is 5.92. The number of aromatic nitrogens is 6. The zero-order valence-corrected chi connectivity index (χ0v) is 23.4. The Morgan fingerprint density at radius 2 is 1.74 bits per heavy atom. The lowest BCUT2D eigenvalue weighted by atomic mass is 9.95. The van der Waals surface area contributed by atoms with E-state index in [9.17, 15) is 9.90 Å². The molecule has 0 radical (unpaired) electrons. The summed E-state index contributed by atoms with van der Waals surface area (Å²) in [6.45, 7) is 9.14. The quantitative estimate of drug-likeness (QED) is 0.384. The summed E-state index contributed by atoms with van der Waals surface area (Å²) in [6.07, 6.45) is 3.75. The smallest absolute Gasteiger partial charge is 0.328 e. The van der Waals surface area contributed by atoms with Crippen molar-refractivity contribution < 1.29 is 9.84 Å². The van der Waals surface area contributed by atoms with Crippen LogP contribution in [0.4, 0.5) is 5.69 Å². The van der Waals surface area contributed by atoms with E-state index >= 15 is 0 Å². The molecule has 6 rings (SSSR count). The Labute approximate surface area is 226 Å². The first kappa shape index (κ1) is 25.4. The fourth-order valence-electron chi connectivity index (χ4n) is 5.68. The highest BCUT2D eigenvalue weighted by molar-refractivity contribution is 5.93. The van der Waals surface area contributed by atoms with Crippen LogP contribution < -0.4 is 10.6 Å². The zero-order chi connectivity index (χ0) is 27.6. The van der Waals surface area contributed by atoms with E-state index < -0.39 is 0 Å². The molecule has 0 atom stereocenters. The lowest BCUT2D eigenvalue weighted by molar-refractivity contribution is 0.123. The molecule has 0 spiro atoms. The van der Waals surface area contributed by atoms with Gasteiger partial charge in [0.2, 0.25) is 0 Å². The molecule has 0 saturated carbocycles. The van der Waals surface area contributed by atoms with E-state index in [1.165, 1.54) is 0 Å².